The molecule has 1 aromatic rings. The van der Waals surface area contributed by atoms with Crippen LogP contribution in [-0.4, -0.2) is 5.67 Å². The molecule has 1 aromatic carbocycles. The molecule has 1 aliphatic carbocycles. The summed E-state index contributed by atoms with van der Waals surface area (Å²) in [4.78, 5) is 0. The molecule has 1 saturated carbocycles. The largest absolute Gasteiger partial charge is 0.244 e. The Morgan fingerprint density at radius 2 is 1.53 bits per heavy atom. The number of halogens is 2. The van der Waals surface area contributed by atoms with E-state index in [4.69, 9.17) is 0 Å². The van der Waals surface area contributed by atoms with E-state index in [9.17, 15) is 8.78 Å². The molecule has 0 amide bonds. The van der Waals surface area contributed by atoms with Crippen molar-refractivity contribution in [3.63, 3.8) is 0 Å². The van der Waals surface area contributed by atoms with Crippen LogP contribution in [0, 0.1) is 5.82 Å². The van der Waals surface area contributed by atoms with Crippen LogP contribution in [0.3, 0.4) is 0 Å². The van der Waals surface area contributed by atoms with E-state index in [1.54, 1.807) is 26.0 Å². The highest BCUT2D eigenvalue weighted by atomic mass is 19.1. The van der Waals surface area contributed by atoms with E-state index >= 15 is 0 Å². The van der Waals surface area contributed by atoms with Crippen molar-refractivity contribution >= 4 is 0 Å². The van der Waals surface area contributed by atoms with E-state index in [1.165, 1.54) is 18.6 Å². The average Bonchev–Trinajstić information content (AvgIpc) is 2.29. The molecule has 0 bridgehead atoms. The maximum atomic E-state index is 14.6. The fourth-order valence-corrected chi connectivity index (χ4v) is 3.15. The van der Waals surface area contributed by atoms with Crippen LogP contribution in [0.1, 0.15) is 51.5 Å². The first-order chi connectivity index (χ1) is 7.96. The zero-order valence-corrected chi connectivity index (χ0v) is 10.6. The lowest BCUT2D eigenvalue weighted by Crippen LogP contribution is -2.45. The normalized spacial score (nSPS) is 20.2. The van der Waals surface area contributed by atoms with Crippen molar-refractivity contribution in [2.24, 2.45) is 0 Å². The molecule has 0 unspecified atom stereocenters. The first-order valence-electron chi connectivity index (χ1n) is 6.41. The van der Waals surface area contributed by atoms with Gasteiger partial charge >= 0.3 is 0 Å². The first-order valence-corrected chi connectivity index (χ1v) is 6.41. The molecule has 0 spiro atoms. The number of hydrogen-bond acceptors (Lipinski definition) is 0. The van der Waals surface area contributed by atoms with Gasteiger partial charge in [-0.1, -0.05) is 31.4 Å². The minimum Gasteiger partial charge on any atom is -0.244 e. The summed E-state index contributed by atoms with van der Waals surface area (Å²) in [5, 5.41) is 0. The predicted molar refractivity (Wildman–Crippen MR) is 66.4 cm³/mol. The van der Waals surface area contributed by atoms with Crippen LogP contribution in [-0.2, 0) is 5.41 Å². The van der Waals surface area contributed by atoms with Crippen molar-refractivity contribution in [3.05, 3.63) is 35.6 Å². The van der Waals surface area contributed by atoms with Crippen LogP contribution in [0.2, 0.25) is 0 Å². The summed E-state index contributed by atoms with van der Waals surface area (Å²) in [5.74, 6) is -0.253. The van der Waals surface area contributed by atoms with Gasteiger partial charge in [0.05, 0.1) is 0 Å². The van der Waals surface area contributed by atoms with Crippen molar-refractivity contribution in [1.29, 1.82) is 0 Å². The molecule has 0 aliphatic heterocycles. The highest BCUT2D eigenvalue weighted by molar-refractivity contribution is 5.30. The SMILES string of the molecule is CC(C)(F)C1(c2ccc(F)cc2)CCCCC1. The maximum absolute atomic E-state index is 14.6. The van der Waals surface area contributed by atoms with Gasteiger partial charge in [-0.3, -0.25) is 0 Å². The Labute approximate surface area is 102 Å². The van der Waals surface area contributed by atoms with Gasteiger partial charge in [0.2, 0.25) is 0 Å². The average molecular weight is 238 g/mol. The van der Waals surface area contributed by atoms with Gasteiger partial charge in [-0.25, -0.2) is 8.78 Å². The van der Waals surface area contributed by atoms with Gasteiger partial charge < -0.3 is 0 Å². The molecule has 2 rings (SSSR count). The fourth-order valence-electron chi connectivity index (χ4n) is 3.15. The van der Waals surface area contributed by atoms with E-state index in [1.807, 2.05) is 0 Å². The molecule has 2 heteroatoms. The maximum Gasteiger partial charge on any atom is 0.123 e. The van der Waals surface area contributed by atoms with Crippen molar-refractivity contribution in [2.45, 2.75) is 57.0 Å². The summed E-state index contributed by atoms with van der Waals surface area (Å²) in [6.45, 7) is 3.31. The van der Waals surface area contributed by atoms with Crippen LogP contribution in [0.5, 0.6) is 0 Å². The van der Waals surface area contributed by atoms with Crippen LogP contribution in [0.15, 0.2) is 24.3 Å². The molecule has 0 saturated heterocycles. The third kappa shape index (κ3) is 2.22. The number of benzene rings is 1. The van der Waals surface area contributed by atoms with Gasteiger partial charge in [0.25, 0.3) is 0 Å². The lowest BCUT2D eigenvalue weighted by molar-refractivity contribution is 0.0564. The molecule has 0 N–H and O–H groups in total. The van der Waals surface area contributed by atoms with E-state index < -0.39 is 11.1 Å². The molecule has 0 nitrogen and oxygen atoms in total. The van der Waals surface area contributed by atoms with E-state index in [-0.39, 0.29) is 5.82 Å². The minimum absolute atomic E-state index is 0.253. The molecule has 0 heterocycles. The summed E-state index contributed by atoms with van der Waals surface area (Å²) in [6, 6.07) is 6.39. The molecule has 0 aromatic heterocycles. The standard InChI is InChI=1S/C15H20F2/c1-14(2,17)15(10-4-3-5-11-15)12-6-8-13(16)9-7-12/h6-9H,3-5,10-11H2,1-2H3. The second-order valence-electron chi connectivity index (χ2n) is 5.62. The van der Waals surface area contributed by atoms with Crippen LogP contribution in [0.25, 0.3) is 0 Å². The molecule has 17 heavy (non-hydrogen) atoms. The summed E-state index contributed by atoms with van der Waals surface area (Å²) in [5.41, 5.74) is -0.740. The van der Waals surface area contributed by atoms with Gasteiger partial charge in [-0.05, 0) is 44.4 Å². The van der Waals surface area contributed by atoms with Gasteiger partial charge in [0.15, 0.2) is 0 Å². The molecular weight excluding hydrogens is 218 g/mol. The van der Waals surface area contributed by atoms with Crippen LogP contribution < -0.4 is 0 Å². The second-order valence-corrected chi connectivity index (χ2v) is 5.62. The number of rotatable bonds is 2. The molecular formula is C15H20F2. The van der Waals surface area contributed by atoms with Crippen LogP contribution in [0.4, 0.5) is 8.78 Å². The van der Waals surface area contributed by atoms with Crippen molar-refractivity contribution in [2.75, 3.05) is 0 Å². The number of hydrogen-bond donors (Lipinski definition) is 0. The summed E-state index contributed by atoms with van der Waals surface area (Å²) in [6.07, 6.45) is 5.03. The Hall–Kier alpha value is -0.920. The Morgan fingerprint density at radius 1 is 1.00 bits per heavy atom. The van der Waals surface area contributed by atoms with Gasteiger partial charge in [-0.15, -0.1) is 0 Å². The molecule has 0 radical (unpaired) electrons. The van der Waals surface area contributed by atoms with E-state index in [0.29, 0.717) is 0 Å². The Balaban J connectivity index is 2.43. The van der Waals surface area contributed by atoms with E-state index in [2.05, 4.69) is 0 Å². The third-order valence-corrected chi connectivity index (χ3v) is 4.24. The lowest BCUT2D eigenvalue weighted by atomic mass is 9.61. The summed E-state index contributed by atoms with van der Waals surface area (Å²) >= 11 is 0. The Kier molecular flexibility index (Phi) is 3.24. The topological polar surface area (TPSA) is 0 Å². The van der Waals surface area contributed by atoms with E-state index in [0.717, 1.165) is 31.2 Å². The van der Waals surface area contributed by atoms with Crippen molar-refractivity contribution in [1.82, 2.24) is 0 Å². The molecule has 0 atom stereocenters. The highest BCUT2D eigenvalue weighted by Crippen LogP contribution is 2.48. The van der Waals surface area contributed by atoms with Gasteiger partial charge in [0, 0.05) is 5.41 Å². The second kappa shape index (κ2) is 4.40. The van der Waals surface area contributed by atoms with Crippen molar-refractivity contribution < 1.29 is 8.78 Å². The lowest BCUT2D eigenvalue weighted by Gasteiger charge is -2.45. The van der Waals surface area contributed by atoms with Crippen LogP contribution >= 0.6 is 0 Å². The monoisotopic (exact) mass is 238 g/mol. The quantitative estimate of drug-likeness (QED) is 0.695. The smallest absolute Gasteiger partial charge is 0.123 e. The Morgan fingerprint density at radius 3 is 2.00 bits per heavy atom. The summed E-state index contributed by atoms with van der Waals surface area (Å²) in [7, 11) is 0. The molecule has 1 aliphatic rings. The summed E-state index contributed by atoms with van der Waals surface area (Å²) < 4.78 is 27.6. The zero-order valence-electron chi connectivity index (χ0n) is 10.6. The number of alkyl halides is 1. The minimum atomic E-state index is -1.26. The predicted octanol–water partition coefficient (Wildman–Crippen LogP) is 4.78. The first kappa shape index (κ1) is 12.5. The fraction of sp³-hybridized carbons (Fsp3) is 0.600. The zero-order chi connectivity index (χ0) is 12.5. The Bertz CT molecular complexity index is 367. The third-order valence-electron chi connectivity index (χ3n) is 4.24. The van der Waals surface area contributed by atoms with Gasteiger partial charge in [0.1, 0.15) is 11.5 Å². The molecule has 1 fully saturated rings. The van der Waals surface area contributed by atoms with Crippen molar-refractivity contribution in [3.8, 4) is 0 Å². The highest BCUT2D eigenvalue weighted by Gasteiger charge is 2.47. The molecule has 94 valence electrons. The van der Waals surface area contributed by atoms with Gasteiger partial charge in [-0.2, -0.15) is 0 Å².